The van der Waals surface area contributed by atoms with E-state index in [0.29, 0.717) is 59.8 Å². The molecule has 0 saturated carbocycles. The minimum atomic E-state index is -3.55. The number of benzene rings is 2. The van der Waals surface area contributed by atoms with Crippen LogP contribution in [0.1, 0.15) is 10.6 Å². The van der Waals surface area contributed by atoms with Gasteiger partial charge < -0.3 is 10.1 Å². The van der Waals surface area contributed by atoms with E-state index in [1.807, 2.05) is 0 Å². The first kappa shape index (κ1) is 23.4. The second-order valence-corrected chi connectivity index (χ2v) is 11.3. The third kappa shape index (κ3) is 4.74. The van der Waals surface area contributed by atoms with Gasteiger partial charge in [-0.25, -0.2) is 23.4 Å². The van der Waals surface area contributed by atoms with Crippen LogP contribution in [-0.4, -0.2) is 54.0 Å². The van der Waals surface area contributed by atoms with Crippen LogP contribution in [0.25, 0.3) is 10.3 Å². The van der Waals surface area contributed by atoms with Crippen molar-refractivity contribution in [2.75, 3.05) is 31.6 Å². The predicted octanol–water partition coefficient (Wildman–Crippen LogP) is 4.75. The van der Waals surface area contributed by atoms with Crippen LogP contribution in [0.5, 0.6) is 0 Å². The molecule has 1 N–H and O–H groups in total. The molecule has 176 valence electrons. The SMILES string of the molecule is O=S(=O)(c1ccc(Nc2ncnc3sc(Cc4c(Cl)cccc4Cl)nc23)cc1)N1CCOCC1. The van der Waals surface area contributed by atoms with Gasteiger partial charge in [0.25, 0.3) is 0 Å². The predicted molar refractivity (Wildman–Crippen MR) is 134 cm³/mol. The summed E-state index contributed by atoms with van der Waals surface area (Å²) in [6, 6.07) is 12.0. The first-order chi connectivity index (χ1) is 16.4. The second kappa shape index (κ2) is 9.73. The molecule has 0 aliphatic carbocycles. The van der Waals surface area contributed by atoms with Crippen LogP contribution in [-0.2, 0) is 21.2 Å². The highest BCUT2D eigenvalue weighted by Gasteiger charge is 2.26. The zero-order valence-electron chi connectivity index (χ0n) is 17.7. The maximum absolute atomic E-state index is 12.8. The Balaban J connectivity index is 1.38. The van der Waals surface area contributed by atoms with E-state index in [1.54, 1.807) is 42.5 Å². The summed E-state index contributed by atoms with van der Waals surface area (Å²) in [6.45, 7) is 1.52. The van der Waals surface area contributed by atoms with Crippen molar-refractivity contribution in [3.05, 3.63) is 69.4 Å². The number of hydrogen-bond acceptors (Lipinski definition) is 8. The van der Waals surface area contributed by atoms with Crippen molar-refractivity contribution in [1.82, 2.24) is 19.3 Å². The Bertz CT molecular complexity index is 1420. The summed E-state index contributed by atoms with van der Waals surface area (Å²) in [4.78, 5) is 14.3. The molecule has 0 amide bonds. The number of sulfonamides is 1. The monoisotopic (exact) mass is 535 g/mol. The number of rotatable bonds is 6. The van der Waals surface area contributed by atoms with E-state index in [4.69, 9.17) is 32.9 Å². The van der Waals surface area contributed by atoms with Gasteiger partial charge in [-0.05, 0) is 42.0 Å². The number of anilines is 2. The summed E-state index contributed by atoms with van der Waals surface area (Å²) in [5.41, 5.74) is 2.12. The molecule has 1 fully saturated rings. The maximum Gasteiger partial charge on any atom is 0.243 e. The number of halogens is 2. The Morgan fingerprint density at radius 2 is 1.74 bits per heavy atom. The van der Waals surface area contributed by atoms with Gasteiger partial charge in [-0.1, -0.05) is 40.6 Å². The highest BCUT2D eigenvalue weighted by atomic mass is 35.5. The number of thiazole rings is 1. The summed E-state index contributed by atoms with van der Waals surface area (Å²) in [6.07, 6.45) is 1.94. The van der Waals surface area contributed by atoms with Gasteiger partial charge in [0.15, 0.2) is 5.82 Å². The molecule has 1 aliphatic heterocycles. The first-order valence-electron chi connectivity index (χ1n) is 10.4. The Morgan fingerprint density at radius 3 is 2.44 bits per heavy atom. The van der Waals surface area contributed by atoms with Gasteiger partial charge in [-0.3, -0.25) is 0 Å². The van der Waals surface area contributed by atoms with Crippen LogP contribution in [0.3, 0.4) is 0 Å². The van der Waals surface area contributed by atoms with Crippen molar-refractivity contribution in [3.8, 4) is 0 Å². The molecule has 0 bridgehead atoms. The van der Waals surface area contributed by atoms with Gasteiger partial charge in [-0.2, -0.15) is 4.31 Å². The molecular weight excluding hydrogens is 517 g/mol. The van der Waals surface area contributed by atoms with Crippen molar-refractivity contribution in [3.63, 3.8) is 0 Å². The van der Waals surface area contributed by atoms with E-state index in [2.05, 4.69) is 15.3 Å². The number of aromatic nitrogens is 3. The largest absolute Gasteiger partial charge is 0.379 e. The molecule has 0 radical (unpaired) electrons. The van der Waals surface area contributed by atoms with Crippen LogP contribution in [0, 0.1) is 0 Å². The lowest BCUT2D eigenvalue weighted by Gasteiger charge is -2.26. The molecule has 1 saturated heterocycles. The van der Waals surface area contributed by atoms with Crippen molar-refractivity contribution in [2.45, 2.75) is 11.3 Å². The molecule has 0 spiro atoms. The molecule has 4 aromatic rings. The first-order valence-corrected chi connectivity index (χ1v) is 13.4. The van der Waals surface area contributed by atoms with Gasteiger partial charge in [0.2, 0.25) is 10.0 Å². The molecule has 0 atom stereocenters. The van der Waals surface area contributed by atoms with Crippen LogP contribution < -0.4 is 5.32 Å². The fourth-order valence-electron chi connectivity index (χ4n) is 3.60. The Morgan fingerprint density at radius 1 is 1.03 bits per heavy atom. The summed E-state index contributed by atoms with van der Waals surface area (Å²) < 4.78 is 32.4. The smallest absolute Gasteiger partial charge is 0.243 e. The summed E-state index contributed by atoms with van der Waals surface area (Å²) >= 11 is 14.1. The number of fused-ring (bicyclic) bond motifs is 1. The summed E-state index contributed by atoms with van der Waals surface area (Å²) in [7, 11) is -3.55. The topological polar surface area (TPSA) is 97.3 Å². The molecule has 3 heterocycles. The number of nitrogens with zero attached hydrogens (tertiary/aromatic N) is 4. The lowest BCUT2D eigenvalue weighted by molar-refractivity contribution is 0.0730. The van der Waals surface area contributed by atoms with E-state index in [0.717, 1.165) is 15.4 Å². The molecule has 2 aromatic carbocycles. The quantitative estimate of drug-likeness (QED) is 0.380. The zero-order valence-corrected chi connectivity index (χ0v) is 20.9. The lowest BCUT2D eigenvalue weighted by atomic mass is 10.1. The standard InChI is InChI=1S/C22H19Cl2N5O3S2/c23-17-2-1-3-18(24)16(17)12-19-28-20-21(25-13-26-22(20)33-19)27-14-4-6-15(7-5-14)34(30,31)29-8-10-32-11-9-29/h1-7,13H,8-12H2,(H,25,26,27). The lowest BCUT2D eigenvalue weighted by Crippen LogP contribution is -2.40. The van der Waals surface area contributed by atoms with Crippen LogP contribution in [0.4, 0.5) is 11.5 Å². The average Bonchev–Trinajstić information content (AvgIpc) is 3.26. The van der Waals surface area contributed by atoms with E-state index in [1.165, 1.54) is 22.0 Å². The number of ether oxygens (including phenoxy) is 1. The van der Waals surface area contributed by atoms with E-state index in [9.17, 15) is 8.42 Å². The van der Waals surface area contributed by atoms with Crippen molar-refractivity contribution >= 4 is 66.4 Å². The Hall–Kier alpha value is -2.34. The molecule has 12 heteroatoms. The van der Waals surface area contributed by atoms with Gasteiger partial charge in [-0.15, -0.1) is 0 Å². The molecular formula is C22H19Cl2N5O3S2. The van der Waals surface area contributed by atoms with Crippen molar-refractivity contribution in [1.29, 1.82) is 0 Å². The second-order valence-electron chi connectivity index (χ2n) is 7.53. The highest BCUT2D eigenvalue weighted by molar-refractivity contribution is 7.89. The normalized spacial score (nSPS) is 15.0. The number of morpholine rings is 1. The fourth-order valence-corrected chi connectivity index (χ4v) is 6.45. The third-order valence-electron chi connectivity index (χ3n) is 5.35. The van der Waals surface area contributed by atoms with Crippen molar-refractivity contribution in [2.24, 2.45) is 0 Å². The fraction of sp³-hybridized carbons (Fsp3) is 0.227. The van der Waals surface area contributed by atoms with Crippen LogP contribution in [0.15, 0.2) is 53.7 Å². The minimum Gasteiger partial charge on any atom is -0.379 e. The van der Waals surface area contributed by atoms with E-state index >= 15 is 0 Å². The van der Waals surface area contributed by atoms with Gasteiger partial charge in [0, 0.05) is 35.2 Å². The van der Waals surface area contributed by atoms with Crippen LogP contribution >= 0.6 is 34.5 Å². The molecule has 34 heavy (non-hydrogen) atoms. The molecule has 1 aliphatic rings. The summed E-state index contributed by atoms with van der Waals surface area (Å²) in [5.74, 6) is 0.529. The molecule has 8 nitrogen and oxygen atoms in total. The Kier molecular flexibility index (Phi) is 6.70. The third-order valence-corrected chi connectivity index (χ3v) is 8.94. The van der Waals surface area contributed by atoms with Crippen LogP contribution in [0.2, 0.25) is 10.0 Å². The Labute approximate surface area is 210 Å². The molecule has 0 unspecified atom stereocenters. The summed E-state index contributed by atoms with van der Waals surface area (Å²) in [5, 5.41) is 5.20. The molecule has 2 aromatic heterocycles. The molecule has 5 rings (SSSR count). The number of hydrogen-bond donors (Lipinski definition) is 1. The van der Waals surface area contributed by atoms with E-state index < -0.39 is 10.0 Å². The van der Waals surface area contributed by atoms with Crippen molar-refractivity contribution < 1.29 is 13.2 Å². The number of nitrogens with one attached hydrogen (secondary N) is 1. The van der Waals surface area contributed by atoms with E-state index in [-0.39, 0.29) is 4.90 Å². The minimum absolute atomic E-state index is 0.236. The van der Waals surface area contributed by atoms with Gasteiger partial charge in [0.05, 0.1) is 18.1 Å². The maximum atomic E-state index is 12.8. The van der Waals surface area contributed by atoms with Gasteiger partial charge in [0.1, 0.15) is 21.7 Å². The zero-order chi connectivity index (χ0) is 23.7. The van der Waals surface area contributed by atoms with Gasteiger partial charge >= 0.3 is 0 Å². The average molecular weight is 536 g/mol. The highest BCUT2D eigenvalue weighted by Crippen LogP contribution is 2.32.